The molecule has 0 atom stereocenters. The van der Waals surface area contributed by atoms with Crippen LogP contribution in [0.25, 0.3) is 0 Å². The van der Waals surface area contributed by atoms with Crippen molar-refractivity contribution >= 4 is 18.9 Å². The van der Waals surface area contributed by atoms with Crippen LogP contribution in [-0.4, -0.2) is 18.9 Å². The molecule has 0 heterocycles. The molecule has 34 valence electrons. The van der Waals surface area contributed by atoms with Gasteiger partial charge >= 0.3 is 18.9 Å². The fourth-order valence-electron chi connectivity index (χ4n) is 0. The molecule has 0 rings (SSSR count). The summed E-state index contributed by atoms with van der Waals surface area (Å²) in [6.45, 7) is 0. The van der Waals surface area contributed by atoms with E-state index < -0.39 is 0 Å². The Morgan fingerprint density at radius 1 is 0.400 bits per heavy atom. The molecule has 0 fully saturated rings. The molecule has 5 heteroatoms. The Morgan fingerprint density at radius 3 is 0.400 bits per heavy atom. The Morgan fingerprint density at radius 2 is 0.400 bits per heavy atom. The van der Waals surface area contributed by atoms with Crippen molar-refractivity contribution in [3.63, 3.8) is 0 Å². The van der Waals surface area contributed by atoms with Crippen LogP contribution in [0.3, 0.4) is 0 Å². The molecule has 0 aliphatic heterocycles. The second kappa shape index (κ2) is 274. The third kappa shape index (κ3) is 138. The van der Waals surface area contributed by atoms with E-state index in [-0.39, 0.29) is 43.5 Å². The summed E-state index contributed by atoms with van der Waals surface area (Å²) >= 11 is 0. The molecule has 0 saturated heterocycles. The van der Waals surface area contributed by atoms with Gasteiger partial charge in [-0.3, -0.25) is 0 Å². The number of hydrogen-bond acceptors (Lipinski definition) is 4. The number of hydrogen-bond donors (Lipinski definition) is 4. The molecule has 0 aliphatic rings. The molecule has 0 bridgehead atoms. The van der Waals surface area contributed by atoms with E-state index in [1.54, 1.807) is 0 Å². The molecule has 0 radical (unpaired) electrons. The van der Waals surface area contributed by atoms with E-state index in [2.05, 4.69) is 0 Å². The molecule has 4 nitrogen and oxygen atoms in total. The van der Waals surface area contributed by atoms with Crippen LogP contribution >= 0.6 is 0 Å². The average molecular weight is 76.1 g/mol. The van der Waals surface area contributed by atoms with Gasteiger partial charge in [0.25, 0.3) is 0 Å². The molecule has 0 amide bonds. The summed E-state index contributed by atoms with van der Waals surface area (Å²) in [6, 6.07) is 0. The minimum atomic E-state index is 0. The van der Waals surface area contributed by atoms with Crippen LogP contribution < -0.4 is 24.6 Å². The van der Waals surface area contributed by atoms with Gasteiger partial charge in [0, 0.05) is 0 Å². The standard InChI is InChI=1S/Li.4H3N.H/h;4*1H3;. The van der Waals surface area contributed by atoms with E-state index in [4.69, 9.17) is 0 Å². The first-order valence-corrected chi connectivity index (χ1v) is 0. The monoisotopic (exact) mass is 76.1 g/mol. The fourth-order valence-corrected chi connectivity index (χ4v) is 0. The summed E-state index contributed by atoms with van der Waals surface area (Å²) in [6.07, 6.45) is 0. The van der Waals surface area contributed by atoms with Gasteiger partial charge in [0.1, 0.15) is 0 Å². The third-order valence-corrected chi connectivity index (χ3v) is 0. The summed E-state index contributed by atoms with van der Waals surface area (Å²) in [5.74, 6) is 0. The zero-order valence-corrected chi connectivity index (χ0v) is 2.83. The van der Waals surface area contributed by atoms with Crippen LogP contribution in [0.15, 0.2) is 0 Å². The van der Waals surface area contributed by atoms with Gasteiger partial charge in [-0.2, -0.15) is 0 Å². The molecule has 5 heavy (non-hydrogen) atoms. The van der Waals surface area contributed by atoms with Gasteiger partial charge in [-0.25, -0.2) is 0 Å². The molecule has 0 aromatic rings. The molecule has 0 aromatic carbocycles. The first-order chi connectivity index (χ1) is 0. The maximum absolute atomic E-state index is 0. The molecule has 0 saturated carbocycles. The first-order valence-electron chi connectivity index (χ1n) is 0. The van der Waals surface area contributed by atoms with Gasteiger partial charge in [0.2, 0.25) is 0 Å². The van der Waals surface area contributed by atoms with Crippen LogP contribution in [0.5, 0.6) is 0 Å². The summed E-state index contributed by atoms with van der Waals surface area (Å²) in [7, 11) is 0. The van der Waals surface area contributed by atoms with Crippen molar-refractivity contribution in [2.45, 2.75) is 0 Å². The van der Waals surface area contributed by atoms with Crippen molar-refractivity contribution in [2.24, 2.45) is 0 Å². The Kier molecular flexibility index (Phi) is 30700. The van der Waals surface area contributed by atoms with Crippen molar-refractivity contribution < 1.29 is 0 Å². The minimum absolute atomic E-state index is 0. The Hall–Kier alpha value is 0.437. The maximum atomic E-state index is 0. The predicted octanol–water partition coefficient (Wildman–Crippen LogP) is -0.000500. The second-order valence-corrected chi connectivity index (χ2v) is 0. The molecule has 0 aliphatic carbocycles. The van der Waals surface area contributed by atoms with Crippen LogP contribution in [0.1, 0.15) is 0 Å². The molecule has 0 spiro atoms. The van der Waals surface area contributed by atoms with E-state index >= 15 is 0 Å². The van der Waals surface area contributed by atoms with E-state index in [1.807, 2.05) is 0 Å². The van der Waals surface area contributed by atoms with Crippen molar-refractivity contribution in [3.8, 4) is 0 Å². The van der Waals surface area contributed by atoms with E-state index in [9.17, 15) is 0 Å². The van der Waals surface area contributed by atoms with Crippen molar-refractivity contribution in [1.29, 1.82) is 0 Å². The van der Waals surface area contributed by atoms with Gasteiger partial charge in [0.15, 0.2) is 0 Å². The van der Waals surface area contributed by atoms with Crippen molar-refractivity contribution in [2.75, 3.05) is 0 Å². The fraction of sp³-hybridized carbons (Fsp3) is 0. The Bertz CT molecular complexity index is 3.61. The van der Waals surface area contributed by atoms with Crippen LogP contribution in [0.2, 0.25) is 0 Å². The Balaban J connectivity index is 0. The van der Waals surface area contributed by atoms with Gasteiger partial charge in [-0.05, 0) is 0 Å². The van der Waals surface area contributed by atoms with Gasteiger partial charge in [-0.1, -0.05) is 0 Å². The zero-order valence-electron chi connectivity index (χ0n) is 2.83. The van der Waals surface area contributed by atoms with E-state index in [0.717, 1.165) is 0 Å². The number of rotatable bonds is 0. The summed E-state index contributed by atoms with van der Waals surface area (Å²) in [5, 5.41) is 0. The van der Waals surface area contributed by atoms with E-state index in [1.165, 1.54) is 0 Å². The molecular weight excluding hydrogens is 63.0 g/mol. The molecular formula is H13LiN4. The predicted molar refractivity (Wildman–Crippen MR) is 27.2 cm³/mol. The third-order valence-electron chi connectivity index (χ3n) is 0. The normalized spacial score (nSPS) is 0. The van der Waals surface area contributed by atoms with Gasteiger partial charge in [-0.15, -0.1) is 0 Å². The Labute approximate surface area is 44.2 Å². The average Bonchev–Trinajstić information content (AvgIpc) is 0. The van der Waals surface area contributed by atoms with Crippen LogP contribution in [-0.2, 0) is 0 Å². The van der Waals surface area contributed by atoms with E-state index in [0.29, 0.717) is 0 Å². The summed E-state index contributed by atoms with van der Waals surface area (Å²) < 4.78 is 0. The van der Waals surface area contributed by atoms with Crippen LogP contribution in [0, 0.1) is 0 Å². The van der Waals surface area contributed by atoms with Gasteiger partial charge in [0.05, 0.1) is 0 Å². The summed E-state index contributed by atoms with van der Waals surface area (Å²) in [5.41, 5.74) is 0. The zero-order chi connectivity index (χ0) is 0. The van der Waals surface area contributed by atoms with Crippen LogP contribution in [0.4, 0.5) is 0 Å². The molecule has 0 unspecified atom stereocenters. The second-order valence-electron chi connectivity index (χ2n) is 0. The SMILES string of the molecule is N.N.N.N.[LiH]. The topological polar surface area (TPSA) is 140 Å². The van der Waals surface area contributed by atoms with Crippen molar-refractivity contribution in [1.82, 2.24) is 24.6 Å². The first kappa shape index (κ1) is 560. The molecule has 0 aromatic heterocycles. The summed E-state index contributed by atoms with van der Waals surface area (Å²) in [4.78, 5) is 0. The van der Waals surface area contributed by atoms with Gasteiger partial charge < -0.3 is 24.6 Å². The quantitative estimate of drug-likeness (QED) is 0.301. The molecule has 12 N–H and O–H groups in total. The van der Waals surface area contributed by atoms with Crippen molar-refractivity contribution in [3.05, 3.63) is 0 Å².